The van der Waals surface area contributed by atoms with Crippen LogP contribution in [0.25, 0.3) is 16.4 Å². The van der Waals surface area contributed by atoms with Crippen LogP contribution in [0.5, 0.6) is 5.75 Å². The molecule has 30 heavy (non-hydrogen) atoms. The fourth-order valence-corrected chi connectivity index (χ4v) is 5.34. The van der Waals surface area contributed by atoms with Crippen molar-refractivity contribution in [1.82, 2.24) is 19.7 Å². The minimum atomic E-state index is -0.239. The third-order valence-corrected chi connectivity index (χ3v) is 7.14. The van der Waals surface area contributed by atoms with Crippen LogP contribution in [-0.2, 0) is 4.79 Å². The van der Waals surface area contributed by atoms with Crippen molar-refractivity contribution in [3.63, 3.8) is 0 Å². The third-order valence-electron chi connectivity index (χ3n) is 5.25. The highest BCUT2D eigenvalue weighted by Crippen LogP contribution is 2.35. The van der Waals surface area contributed by atoms with Crippen LogP contribution in [0.15, 0.2) is 46.9 Å². The molecular weight excluding hydrogens is 416 g/mol. The van der Waals surface area contributed by atoms with Crippen molar-refractivity contribution in [3.8, 4) is 22.1 Å². The summed E-state index contributed by atoms with van der Waals surface area (Å²) in [6, 6.07) is 11.9. The second-order valence-electron chi connectivity index (χ2n) is 7.29. The maximum atomic E-state index is 13.1. The molecule has 0 saturated carbocycles. The highest BCUT2D eigenvalue weighted by atomic mass is 32.2. The summed E-state index contributed by atoms with van der Waals surface area (Å²) in [6.07, 6.45) is 4.58. The van der Waals surface area contributed by atoms with Crippen LogP contribution >= 0.6 is 23.1 Å². The first-order valence-electron chi connectivity index (χ1n) is 10.3. The van der Waals surface area contributed by atoms with Crippen LogP contribution < -0.4 is 4.74 Å². The van der Waals surface area contributed by atoms with Gasteiger partial charge in [0.05, 0.1) is 22.9 Å². The molecule has 1 atom stereocenters. The van der Waals surface area contributed by atoms with E-state index in [4.69, 9.17) is 4.74 Å². The van der Waals surface area contributed by atoms with E-state index in [-0.39, 0.29) is 11.2 Å². The first-order valence-corrected chi connectivity index (χ1v) is 12.0. The van der Waals surface area contributed by atoms with Crippen molar-refractivity contribution in [3.05, 3.63) is 41.8 Å². The minimum Gasteiger partial charge on any atom is -0.495 e. The summed E-state index contributed by atoms with van der Waals surface area (Å²) in [7, 11) is 1.66. The molecule has 1 amide bonds. The molecule has 6 nitrogen and oxygen atoms in total. The van der Waals surface area contributed by atoms with E-state index >= 15 is 0 Å². The van der Waals surface area contributed by atoms with Crippen LogP contribution in [0.1, 0.15) is 32.6 Å². The van der Waals surface area contributed by atoms with Crippen molar-refractivity contribution >= 4 is 29.0 Å². The lowest BCUT2D eigenvalue weighted by Gasteiger charge is -2.23. The van der Waals surface area contributed by atoms with Crippen LogP contribution in [0.2, 0.25) is 0 Å². The van der Waals surface area contributed by atoms with E-state index in [1.54, 1.807) is 18.4 Å². The highest BCUT2D eigenvalue weighted by Gasteiger charge is 2.26. The van der Waals surface area contributed by atoms with Gasteiger partial charge in [0.1, 0.15) is 5.75 Å². The van der Waals surface area contributed by atoms with E-state index in [0.717, 1.165) is 48.1 Å². The monoisotopic (exact) mass is 442 g/mol. The predicted octanol–water partition coefficient (Wildman–Crippen LogP) is 4.89. The summed E-state index contributed by atoms with van der Waals surface area (Å²) < 4.78 is 7.60. The number of aromatic nitrogens is 3. The maximum absolute atomic E-state index is 13.1. The van der Waals surface area contributed by atoms with Crippen molar-refractivity contribution in [2.75, 3.05) is 20.2 Å². The fraction of sp³-hybridized carbons (Fsp3) is 0.409. The van der Waals surface area contributed by atoms with Crippen LogP contribution in [0.4, 0.5) is 0 Å². The molecule has 4 rings (SSSR count). The number of thioether (sulfide) groups is 1. The number of amides is 1. The van der Waals surface area contributed by atoms with Gasteiger partial charge in [0.2, 0.25) is 5.91 Å². The number of para-hydroxylation sites is 2. The average molecular weight is 443 g/mol. The number of carbonyl (C=O) groups is 1. The van der Waals surface area contributed by atoms with Gasteiger partial charge >= 0.3 is 0 Å². The highest BCUT2D eigenvalue weighted by molar-refractivity contribution is 8.00. The van der Waals surface area contributed by atoms with Crippen LogP contribution in [-0.4, -0.2) is 51.0 Å². The molecule has 158 valence electrons. The van der Waals surface area contributed by atoms with Crippen LogP contribution in [0, 0.1) is 0 Å². The molecule has 0 bridgehead atoms. The molecule has 1 saturated heterocycles. The number of ether oxygens (including phenoxy) is 1. The minimum absolute atomic E-state index is 0.175. The van der Waals surface area contributed by atoms with Crippen molar-refractivity contribution < 1.29 is 9.53 Å². The first kappa shape index (κ1) is 20.9. The van der Waals surface area contributed by atoms with Crippen LogP contribution in [0.3, 0.4) is 0 Å². The zero-order valence-corrected chi connectivity index (χ0v) is 18.9. The van der Waals surface area contributed by atoms with Gasteiger partial charge in [0.15, 0.2) is 11.0 Å². The molecule has 1 unspecified atom stereocenters. The summed E-state index contributed by atoms with van der Waals surface area (Å²) in [6.45, 7) is 3.66. The Morgan fingerprint density at radius 3 is 2.57 bits per heavy atom. The van der Waals surface area contributed by atoms with Gasteiger partial charge in [-0.1, -0.05) is 42.8 Å². The Bertz CT molecular complexity index is 979. The number of carbonyl (C=O) groups excluding carboxylic acids is 1. The van der Waals surface area contributed by atoms with Gasteiger partial charge in [-0.2, -0.15) is 0 Å². The van der Waals surface area contributed by atoms with Gasteiger partial charge in [-0.3, -0.25) is 9.36 Å². The van der Waals surface area contributed by atoms with Crippen molar-refractivity contribution in [2.45, 2.75) is 43.0 Å². The molecule has 0 spiro atoms. The summed E-state index contributed by atoms with van der Waals surface area (Å²) in [5, 5.41) is 11.4. The Kier molecular flexibility index (Phi) is 6.74. The molecule has 0 N–H and O–H groups in total. The lowest BCUT2D eigenvalue weighted by Crippen LogP contribution is -2.37. The molecule has 1 aliphatic heterocycles. The Morgan fingerprint density at radius 1 is 1.10 bits per heavy atom. The summed E-state index contributed by atoms with van der Waals surface area (Å²) in [4.78, 5) is 16.1. The number of thiophene rings is 1. The van der Waals surface area contributed by atoms with Gasteiger partial charge in [0.25, 0.3) is 0 Å². The number of hydrogen-bond acceptors (Lipinski definition) is 6. The standard InChI is InChI=1S/C22H26N4O2S2/c1-16(21(27)25-13-7-3-4-8-14-25)30-22-24-23-20(19-12-9-15-29-19)26(22)17-10-5-6-11-18(17)28-2/h5-6,9-12,15-16H,3-4,7-8,13-14H2,1-2H3. The van der Waals surface area contributed by atoms with Gasteiger partial charge < -0.3 is 9.64 Å². The number of nitrogens with zero attached hydrogens (tertiary/aromatic N) is 4. The number of benzene rings is 1. The van der Waals surface area contributed by atoms with Gasteiger partial charge in [-0.15, -0.1) is 21.5 Å². The van der Waals surface area contributed by atoms with E-state index in [9.17, 15) is 4.79 Å². The van der Waals surface area contributed by atoms with E-state index in [1.807, 2.05) is 58.2 Å². The molecule has 2 aromatic heterocycles. The third kappa shape index (κ3) is 4.39. The molecule has 8 heteroatoms. The molecule has 0 radical (unpaired) electrons. The topological polar surface area (TPSA) is 60.2 Å². The Morgan fingerprint density at radius 2 is 1.87 bits per heavy atom. The van der Waals surface area contributed by atoms with E-state index < -0.39 is 0 Å². The van der Waals surface area contributed by atoms with Gasteiger partial charge in [-0.05, 0) is 43.3 Å². The normalized spacial score (nSPS) is 15.6. The Hall–Kier alpha value is -2.32. The van der Waals surface area contributed by atoms with E-state index in [2.05, 4.69) is 10.2 Å². The second-order valence-corrected chi connectivity index (χ2v) is 9.55. The lowest BCUT2D eigenvalue weighted by atomic mass is 10.2. The molecule has 1 aromatic carbocycles. The first-order chi connectivity index (χ1) is 14.7. The zero-order chi connectivity index (χ0) is 20.9. The van der Waals surface area contributed by atoms with Crippen molar-refractivity contribution in [2.24, 2.45) is 0 Å². The number of rotatable bonds is 6. The molecule has 1 aliphatic rings. The number of likely N-dealkylation sites (tertiary alicyclic amines) is 1. The van der Waals surface area contributed by atoms with Crippen molar-refractivity contribution in [1.29, 1.82) is 0 Å². The predicted molar refractivity (Wildman–Crippen MR) is 122 cm³/mol. The Labute approximate surface area is 185 Å². The Balaban J connectivity index is 1.67. The summed E-state index contributed by atoms with van der Waals surface area (Å²) in [5.41, 5.74) is 0.866. The molecule has 3 aromatic rings. The fourth-order valence-electron chi connectivity index (χ4n) is 3.70. The average Bonchev–Trinajstić information content (AvgIpc) is 3.36. The number of hydrogen-bond donors (Lipinski definition) is 0. The largest absolute Gasteiger partial charge is 0.495 e. The molecule has 0 aliphatic carbocycles. The van der Waals surface area contributed by atoms with E-state index in [0.29, 0.717) is 5.16 Å². The summed E-state index contributed by atoms with van der Waals surface area (Å²) in [5.74, 6) is 1.67. The van der Waals surface area contributed by atoms with Gasteiger partial charge in [-0.25, -0.2) is 0 Å². The summed E-state index contributed by atoms with van der Waals surface area (Å²) >= 11 is 3.07. The van der Waals surface area contributed by atoms with Gasteiger partial charge in [0, 0.05) is 13.1 Å². The molecular formula is C22H26N4O2S2. The molecule has 3 heterocycles. The lowest BCUT2D eigenvalue weighted by molar-refractivity contribution is -0.130. The number of methoxy groups -OCH3 is 1. The quantitative estimate of drug-likeness (QED) is 0.509. The molecule has 1 fully saturated rings. The van der Waals surface area contributed by atoms with E-state index in [1.165, 1.54) is 24.6 Å². The maximum Gasteiger partial charge on any atom is 0.235 e. The second kappa shape index (κ2) is 9.66. The smallest absolute Gasteiger partial charge is 0.235 e. The zero-order valence-electron chi connectivity index (χ0n) is 17.3. The SMILES string of the molecule is COc1ccccc1-n1c(SC(C)C(=O)N2CCCCCC2)nnc1-c1cccs1.